The Balaban J connectivity index is 1.01. The molecule has 0 radical (unpaired) electrons. The summed E-state index contributed by atoms with van der Waals surface area (Å²) in [4.78, 5) is 0. The second kappa shape index (κ2) is 12.2. The van der Waals surface area contributed by atoms with Crippen LogP contribution in [0.1, 0.15) is 22.6 Å². The van der Waals surface area contributed by atoms with Crippen molar-refractivity contribution in [1.29, 1.82) is 0 Å². The quantitative estimate of drug-likeness (QED) is 0.162. The van der Waals surface area contributed by atoms with Crippen molar-refractivity contribution in [2.75, 3.05) is 0 Å². The van der Waals surface area contributed by atoms with Crippen LogP contribution in [0.2, 0.25) is 0 Å². The summed E-state index contributed by atoms with van der Waals surface area (Å²) in [6.07, 6.45) is 0.892. The van der Waals surface area contributed by atoms with Gasteiger partial charge in [-0.05, 0) is 97.2 Å². The van der Waals surface area contributed by atoms with Gasteiger partial charge in [-0.3, -0.25) is 8.80 Å². The molecule has 12 aromatic rings. The lowest BCUT2D eigenvalue weighted by molar-refractivity contribution is 0.807. The molecular formula is C54H36N2. The monoisotopic (exact) mass is 712 g/mol. The van der Waals surface area contributed by atoms with E-state index in [4.69, 9.17) is 0 Å². The third-order valence-electron chi connectivity index (χ3n) is 12.3. The molecule has 0 aliphatic rings. The van der Waals surface area contributed by atoms with E-state index in [1.165, 1.54) is 104 Å². The largest absolute Gasteiger partial charge is 0.293 e. The Bertz CT molecular complexity index is 3420. The molecule has 0 spiro atoms. The number of benzene rings is 9. The Hall–Kier alpha value is -7.16. The zero-order valence-corrected chi connectivity index (χ0v) is 30.7. The fourth-order valence-electron chi connectivity index (χ4n) is 9.65. The van der Waals surface area contributed by atoms with Gasteiger partial charge in [0.05, 0.1) is 22.1 Å². The highest BCUT2D eigenvalue weighted by atomic mass is 15.1. The average Bonchev–Trinajstić information content (AvgIpc) is 3.90. The van der Waals surface area contributed by atoms with Gasteiger partial charge in [-0.1, -0.05) is 170 Å². The summed E-state index contributed by atoms with van der Waals surface area (Å²) < 4.78 is 4.93. The van der Waals surface area contributed by atoms with Crippen LogP contribution in [0.5, 0.6) is 0 Å². The first kappa shape index (κ1) is 31.2. The summed E-state index contributed by atoms with van der Waals surface area (Å²) in [6.45, 7) is 0. The summed E-state index contributed by atoms with van der Waals surface area (Å²) in [6, 6.07) is 74.2. The van der Waals surface area contributed by atoms with E-state index in [9.17, 15) is 0 Å². The van der Waals surface area contributed by atoms with Gasteiger partial charge in [-0.2, -0.15) is 0 Å². The van der Waals surface area contributed by atoms with Crippen LogP contribution >= 0.6 is 0 Å². The minimum Gasteiger partial charge on any atom is -0.293 e. The predicted octanol–water partition coefficient (Wildman–Crippen LogP) is 14.1. The van der Waals surface area contributed by atoms with Crippen LogP contribution in [0, 0.1) is 0 Å². The van der Waals surface area contributed by atoms with Gasteiger partial charge < -0.3 is 0 Å². The molecule has 56 heavy (non-hydrogen) atoms. The molecule has 0 saturated carbocycles. The minimum absolute atomic E-state index is 0.159. The summed E-state index contributed by atoms with van der Waals surface area (Å²) in [5.74, 6) is 0.159. The van der Waals surface area contributed by atoms with Crippen molar-refractivity contribution in [2.24, 2.45) is 0 Å². The first-order chi connectivity index (χ1) is 27.8. The van der Waals surface area contributed by atoms with Gasteiger partial charge in [-0.25, -0.2) is 0 Å². The van der Waals surface area contributed by atoms with E-state index < -0.39 is 0 Å². The van der Waals surface area contributed by atoms with Gasteiger partial charge in [0.1, 0.15) is 5.65 Å². The molecule has 0 amide bonds. The maximum atomic E-state index is 2.49. The zero-order chi connectivity index (χ0) is 36.7. The molecule has 0 fully saturated rings. The third-order valence-corrected chi connectivity index (χ3v) is 12.3. The molecule has 0 saturated heterocycles. The minimum atomic E-state index is 0.159. The van der Waals surface area contributed by atoms with Crippen molar-refractivity contribution < 1.29 is 0 Å². The van der Waals surface area contributed by atoms with E-state index in [0.717, 1.165) is 6.42 Å². The maximum absolute atomic E-state index is 2.49. The fraction of sp³-hybridized carbons (Fsp3) is 0.0370. The van der Waals surface area contributed by atoms with Gasteiger partial charge in [0.15, 0.2) is 0 Å². The maximum Gasteiger partial charge on any atom is 0.131 e. The Kier molecular flexibility index (Phi) is 6.79. The molecule has 3 aromatic heterocycles. The van der Waals surface area contributed by atoms with Gasteiger partial charge in [0, 0.05) is 22.1 Å². The third kappa shape index (κ3) is 4.63. The van der Waals surface area contributed by atoms with Crippen molar-refractivity contribution in [3.63, 3.8) is 0 Å². The molecule has 0 aliphatic heterocycles. The first-order valence-corrected chi connectivity index (χ1v) is 19.6. The zero-order valence-electron chi connectivity index (χ0n) is 30.7. The summed E-state index contributed by atoms with van der Waals surface area (Å²) in [7, 11) is 0. The van der Waals surface area contributed by atoms with E-state index >= 15 is 0 Å². The number of fused-ring (bicyclic) bond motifs is 11. The highest BCUT2D eigenvalue weighted by Gasteiger charge is 2.24. The van der Waals surface area contributed by atoms with E-state index in [0.29, 0.717) is 0 Å². The number of imidazole rings is 1. The van der Waals surface area contributed by atoms with Gasteiger partial charge in [-0.15, -0.1) is 0 Å². The highest BCUT2D eigenvalue weighted by molar-refractivity contribution is 6.24. The Morgan fingerprint density at radius 3 is 1.46 bits per heavy atom. The lowest BCUT2D eigenvalue weighted by Gasteiger charge is -2.20. The lowest BCUT2D eigenvalue weighted by atomic mass is 9.84. The van der Waals surface area contributed by atoms with Gasteiger partial charge >= 0.3 is 0 Å². The summed E-state index contributed by atoms with van der Waals surface area (Å²) in [5, 5.41) is 9.05. The number of hydrogen-bond donors (Lipinski definition) is 0. The smallest absolute Gasteiger partial charge is 0.131 e. The number of aromatic nitrogens is 2. The molecule has 0 unspecified atom stereocenters. The van der Waals surface area contributed by atoms with E-state index in [-0.39, 0.29) is 5.92 Å². The molecule has 1 atom stereocenters. The first-order valence-electron chi connectivity index (χ1n) is 19.6. The van der Waals surface area contributed by atoms with Crippen LogP contribution in [0.4, 0.5) is 0 Å². The molecule has 262 valence electrons. The summed E-state index contributed by atoms with van der Waals surface area (Å²) in [5.41, 5.74) is 15.3. The van der Waals surface area contributed by atoms with Crippen LogP contribution < -0.4 is 0 Å². The van der Waals surface area contributed by atoms with Crippen LogP contribution in [0.3, 0.4) is 0 Å². The second-order valence-electron chi connectivity index (χ2n) is 15.3. The number of para-hydroxylation sites is 3. The molecule has 2 heteroatoms. The molecule has 0 bridgehead atoms. The number of hydrogen-bond acceptors (Lipinski definition) is 0. The topological polar surface area (TPSA) is 8.82 Å². The normalized spacial score (nSPS) is 12.6. The van der Waals surface area contributed by atoms with Crippen molar-refractivity contribution in [3.8, 4) is 22.3 Å². The highest BCUT2D eigenvalue weighted by Crippen LogP contribution is 2.43. The molecule has 2 nitrogen and oxygen atoms in total. The SMILES string of the molecule is c1ccc2c(-c3ccc(C[C@H](c4ccc(-c5cccc6ccccc56)cc4)c4ccc5c(c4)c4c6ccccc6n6c7ccccc7n5c46)cc3)cccc2c1. The second-order valence-corrected chi connectivity index (χ2v) is 15.3. The average molecular weight is 713 g/mol. The number of nitrogens with zero attached hydrogens (tertiary/aromatic N) is 2. The molecule has 0 N–H and O–H groups in total. The molecule has 12 rings (SSSR count). The van der Waals surface area contributed by atoms with Crippen molar-refractivity contribution in [3.05, 3.63) is 217 Å². The van der Waals surface area contributed by atoms with Crippen LogP contribution in [-0.2, 0) is 6.42 Å². The van der Waals surface area contributed by atoms with Crippen LogP contribution in [0.25, 0.3) is 87.7 Å². The van der Waals surface area contributed by atoms with Crippen molar-refractivity contribution >= 4 is 65.4 Å². The van der Waals surface area contributed by atoms with Crippen molar-refractivity contribution in [2.45, 2.75) is 12.3 Å². The Labute approximate surface area is 324 Å². The lowest BCUT2D eigenvalue weighted by Crippen LogP contribution is -2.05. The fourth-order valence-corrected chi connectivity index (χ4v) is 9.65. The van der Waals surface area contributed by atoms with Gasteiger partial charge in [0.25, 0.3) is 0 Å². The van der Waals surface area contributed by atoms with E-state index in [2.05, 4.69) is 209 Å². The molecule has 0 aliphatic carbocycles. The van der Waals surface area contributed by atoms with Gasteiger partial charge in [0.2, 0.25) is 0 Å². The van der Waals surface area contributed by atoms with E-state index in [1.807, 2.05) is 0 Å². The van der Waals surface area contributed by atoms with Crippen molar-refractivity contribution in [1.82, 2.24) is 8.80 Å². The standard InChI is InChI=1S/C54H36N2/c1-3-15-42-36(11-1)13-9-18-44(42)38-25-23-35(24-26-38)33-47(40-29-27-39(28-30-40)45-19-10-14-37-12-2-4-16-43(37)45)41-31-32-50-48(34-41)53-46-17-5-6-20-49(46)55-51-21-7-8-22-52(51)56(50)54(53)55/h1-32,34,47H,33H2/t47-/m1/s1. The van der Waals surface area contributed by atoms with Crippen LogP contribution in [-0.4, -0.2) is 8.80 Å². The predicted molar refractivity (Wildman–Crippen MR) is 236 cm³/mol. The molecule has 3 heterocycles. The van der Waals surface area contributed by atoms with Crippen LogP contribution in [0.15, 0.2) is 200 Å². The Morgan fingerprint density at radius 1 is 0.357 bits per heavy atom. The Morgan fingerprint density at radius 2 is 0.839 bits per heavy atom. The summed E-state index contributed by atoms with van der Waals surface area (Å²) >= 11 is 0. The number of rotatable bonds is 6. The molecular weight excluding hydrogens is 677 g/mol. The molecule has 9 aromatic carbocycles. The van der Waals surface area contributed by atoms with E-state index in [1.54, 1.807) is 0 Å².